The fraction of sp³-hybridized carbons (Fsp3) is 0.417. The highest BCUT2D eigenvalue weighted by molar-refractivity contribution is 5.74. The number of methoxy groups -OCH3 is 2. The molecule has 1 aromatic carbocycles. The maximum atomic E-state index is 12.0. The summed E-state index contributed by atoms with van der Waals surface area (Å²) in [6, 6.07) is 5.20. The molecule has 4 nitrogen and oxygen atoms in total. The largest absolute Gasteiger partial charge is 0.573 e. The summed E-state index contributed by atoms with van der Waals surface area (Å²) < 4.78 is 49.1. The predicted molar refractivity (Wildman–Crippen MR) is 59.6 cm³/mol. The maximum absolute atomic E-state index is 12.0. The summed E-state index contributed by atoms with van der Waals surface area (Å²) in [7, 11) is 2.58. The number of esters is 1. The van der Waals surface area contributed by atoms with E-state index in [0.717, 1.165) is 0 Å². The number of alkyl halides is 3. The molecule has 106 valence electrons. The molecule has 1 aromatic rings. The average Bonchev–Trinajstić information content (AvgIpc) is 2.35. The second-order valence-electron chi connectivity index (χ2n) is 3.64. The van der Waals surface area contributed by atoms with Crippen LogP contribution in [-0.2, 0) is 20.7 Å². The molecule has 0 aliphatic rings. The summed E-state index contributed by atoms with van der Waals surface area (Å²) >= 11 is 0. The van der Waals surface area contributed by atoms with Gasteiger partial charge in [-0.25, -0.2) is 4.79 Å². The minimum Gasteiger partial charge on any atom is -0.467 e. The van der Waals surface area contributed by atoms with Crippen LogP contribution < -0.4 is 4.74 Å². The summed E-state index contributed by atoms with van der Waals surface area (Å²) in [4.78, 5) is 11.3. The summed E-state index contributed by atoms with van der Waals surface area (Å²) in [5.41, 5.74) is 0.631. The Kier molecular flexibility index (Phi) is 5.17. The third kappa shape index (κ3) is 5.17. The molecule has 0 heterocycles. The van der Waals surface area contributed by atoms with Crippen LogP contribution in [0.15, 0.2) is 24.3 Å². The third-order valence-corrected chi connectivity index (χ3v) is 2.33. The van der Waals surface area contributed by atoms with E-state index in [4.69, 9.17) is 4.74 Å². The fourth-order valence-electron chi connectivity index (χ4n) is 1.44. The second-order valence-corrected chi connectivity index (χ2v) is 3.64. The van der Waals surface area contributed by atoms with Crippen molar-refractivity contribution in [3.63, 3.8) is 0 Å². The molecule has 1 rings (SSSR count). The van der Waals surface area contributed by atoms with Gasteiger partial charge < -0.3 is 14.2 Å². The summed E-state index contributed by atoms with van der Waals surface area (Å²) in [5.74, 6) is -0.860. The molecule has 7 heteroatoms. The van der Waals surface area contributed by atoms with Crippen molar-refractivity contribution in [3.05, 3.63) is 29.8 Å². The summed E-state index contributed by atoms with van der Waals surface area (Å²) in [6.07, 6.45) is -5.31. The first-order valence-corrected chi connectivity index (χ1v) is 5.31. The quantitative estimate of drug-likeness (QED) is 0.775. The first-order valence-electron chi connectivity index (χ1n) is 5.31. The lowest BCUT2D eigenvalue weighted by Crippen LogP contribution is -2.26. The van der Waals surface area contributed by atoms with Gasteiger partial charge in [0.25, 0.3) is 0 Å². The van der Waals surface area contributed by atoms with Gasteiger partial charge in [0, 0.05) is 13.5 Å². The van der Waals surface area contributed by atoms with E-state index in [9.17, 15) is 18.0 Å². The lowest BCUT2D eigenvalue weighted by molar-refractivity contribution is -0.274. The molecule has 0 saturated heterocycles. The molecular weight excluding hydrogens is 265 g/mol. The van der Waals surface area contributed by atoms with Gasteiger partial charge >= 0.3 is 12.3 Å². The molecule has 0 fully saturated rings. The van der Waals surface area contributed by atoms with E-state index in [1.165, 1.54) is 38.5 Å². The molecule has 0 saturated carbocycles. The second kappa shape index (κ2) is 6.42. The molecule has 0 aliphatic carbocycles. The van der Waals surface area contributed by atoms with Gasteiger partial charge in [-0.15, -0.1) is 13.2 Å². The van der Waals surface area contributed by atoms with E-state index < -0.39 is 18.4 Å². The lowest BCUT2D eigenvalue weighted by Gasteiger charge is -2.13. The SMILES string of the molecule is COC(=O)C(Cc1ccc(OC(F)(F)F)cc1)OC. The molecule has 1 atom stereocenters. The molecule has 19 heavy (non-hydrogen) atoms. The number of hydrogen-bond donors (Lipinski definition) is 0. The van der Waals surface area contributed by atoms with Crippen LogP contribution >= 0.6 is 0 Å². The Balaban J connectivity index is 2.68. The standard InChI is InChI=1S/C12H13F3O4/c1-17-10(11(16)18-2)7-8-3-5-9(6-4-8)19-12(13,14)15/h3-6,10H,7H2,1-2H3. The Morgan fingerprint density at radius 3 is 2.21 bits per heavy atom. The smallest absolute Gasteiger partial charge is 0.467 e. The van der Waals surface area contributed by atoms with Crippen LogP contribution in [0, 0.1) is 0 Å². The highest BCUT2D eigenvalue weighted by Gasteiger charge is 2.31. The van der Waals surface area contributed by atoms with Gasteiger partial charge in [0.05, 0.1) is 7.11 Å². The Labute approximate surface area is 108 Å². The molecule has 0 aromatic heterocycles. The fourth-order valence-corrected chi connectivity index (χ4v) is 1.44. The normalized spacial score (nSPS) is 12.9. The van der Waals surface area contributed by atoms with E-state index in [1.807, 2.05) is 0 Å². The minimum absolute atomic E-state index is 0.204. The molecular formula is C12H13F3O4. The molecule has 0 amide bonds. The zero-order valence-corrected chi connectivity index (χ0v) is 10.4. The number of halogens is 3. The Hall–Kier alpha value is -1.76. The van der Waals surface area contributed by atoms with Crippen molar-refractivity contribution < 1.29 is 32.2 Å². The van der Waals surface area contributed by atoms with Crippen molar-refractivity contribution in [2.45, 2.75) is 18.9 Å². The van der Waals surface area contributed by atoms with Gasteiger partial charge in [-0.2, -0.15) is 0 Å². The first-order chi connectivity index (χ1) is 8.85. The van der Waals surface area contributed by atoms with Crippen molar-refractivity contribution >= 4 is 5.97 Å². The zero-order chi connectivity index (χ0) is 14.5. The van der Waals surface area contributed by atoms with Gasteiger partial charge in [-0.3, -0.25) is 0 Å². The van der Waals surface area contributed by atoms with Crippen LogP contribution in [0.3, 0.4) is 0 Å². The van der Waals surface area contributed by atoms with Gasteiger partial charge in [-0.1, -0.05) is 12.1 Å². The van der Waals surface area contributed by atoms with Gasteiger partial charge in [0.1, 0.15) is 5.75 Å². The van der Waals surface area contributed by atoms with E-state index in [1.54, 1.807) is 0 Å². The van der Waals surface area contributed by atoms with Crippen LogP contribution in [0.2, 0.25) is 0 Å². The van der Waals surface area contributed by atoms with Gasteiger partial charge in [-0.05, 0) is 17.7 Å². The van der Waals surface area contributed by atoms with E-state index in [2.05, 4.69) is 9.47 Å². The van der Waals surface area contributed by atoms with Crippen molar-refractivity contribution in [1.29, 1.82) is 0 Å². The predicted octanol–water partition coefficient (Wildman–Crippen LogP) is 2.32. The molecule has 0 spiro atoms. The monoisotopic (exact) mass is 278 g/mol. The molecule has 0 bridgehead atoms. The number of hydrogen-bond acceptors (Lipinski definition) is 4. The van der Waals surface area contributed by atoms with Gasteiger partial charge in [0.15, 0.2) is 6.10 Å². The number of carbonyl (C=O) groups is 1. The third-order valence-electron chi connectivity index (χ3n) is 2.33. The van der Waals surface area contributed by atoms with E-state index in [-0.39, 0.29) is 12.2 Å². The van der Waals surface area contributed by atoms with Crippen molar-refractivity contribution in [2.75, 3.05) is 14.2 Å². The number of ether oxygens (including phenoxy) is 3. The molecule has 1 unspecified atom stereocenters. The molecule has 0 aliphatic heterocycles. The van der Waals surface area contributed by atoms with Crippen LogP contribution in [0.1, 0.15) is 5.56 Å². The maximum Gasteiger partial charge on any atom is 0.573 e. The Bertz CT molecular complexity index is 414. The molecule has 0 N–H and O–H groups in total. The first kappa shape index (κ1) is 15.3. The number of benzene rings is 1. The highest BCUT2D eigenvalue weighted by Crippen LogP contribution is 2.23. The van der Waals surface area contributed by atoms with Crippen molar-refractivity contribution in [1.82, 2.24) is 0 Å². The van der Waals surface area contributed by atoms with E-state index in [0.29, 0.717) is 5.56 Å². The lowest BCUT2D eigenvalue weighted by atomic mass is 10.1. The Morgan fingerprint density at radius 2 is 1.79 bits per heavy atom. The topological polar surface area (TPSA) is 44.8 Å². The number of rotatable bonds is 5. The van der Waals surface area contributed by atoms with E-state index >= 15 is 0 Å². The highest BCUT2D eigenvalue weighted by atomic mass is 19.4. The van der Waals surface area contributed by atoms with Crippen LogP contribution in [0.4, 0.5) is 13.2 Å². The summed E-state index contributed by atoms with van der Waals surface area (Å²) in [5, 5.41) is 0. The van der Waals surface area contributed by atoms with Crippen LogP contribution in [0.5, 0.6) is 5.75 Å². The number of carbonyl (C=O) groups excluding carboxylic acids is 1. The summed E-state index contributed by atoms with van der Waals surface area (Å²) in [6.45, 7) is 0. The van der Waals surface area contributed by atoms with Crippen molar-refractivity contribution in [3.8, 4) is 5.75 Å². The van der Waals surface area contributed by atoms with Gasteiger partial charge in [0.2, 0.25) is 0 Å². The molecule has 0 radical (unpaired) electrons. The minimum atomic E-state index is -4.72. The van der Waals surface area contributed by atoms with Crippen LogP contribution in [-0.4, -0.2) is 32.7 Å². The average molecular weight is 278 g/mol. The van der Waals surface area contributed by atoms with Crippen molar-refractivity contribution in [2.24, 2.45) is 0 Å². The zero-order valence-electron chi connectivity index (χ0n) is 10.4. The van der Waals surface area contributed by atoms with Crippen LogP contribution in [0.25, 0.3) is 0 Å². The Morgan fingerprint density at radius 1 is 1.21 bits per heavy atom.